The van der Waals surface area contributed by atoms with E-state index in [1.165, 1.54) is 18.2 Å². The van der Waals surface area contributed by atoms with Gasteiger partial charge in [-0.25, -0.2) is 4.79 Å². The number of fused-ring (bicyclic) bond motifs is 1. The molecular weight excluding hydrogens is 316 g/mol. The molecule has 0 fully saturated rings. The number of aromatic carboxylic acids is 1. The first-order valence-corrected chi connectivity index (χ1v) is 7.27. The highest BCUT2D eigenvalue weighted by Gasteiger charge is 2.18. The van der Waals surface area contributed by atoms with Crippen molar-refractivity contribution in [3.05, 3.63) is 64.7 Å². The number of aliphatic hydroxyl groups is 1. The fourth-order valence-corrected chi connectivity index (χ4v) is 2.86. The first-order chi connectivity index (χ1) is 11.0. The van der Waals surface area contributed by atoms with Crippen LogP contribution >= 0.6 is 11.6 Å². The number of carboxylic acid groups (broad SMARTS) is 1. The van der Waals surface area contributed by atoms with Gasteiger partial charge in [0.2, 0.25) is 0 Å². The molecule has 116 valence electrons. The Bertz CT molecular complexity index is 901. The van der Waals surface area contributed by atoms with Crippen LogP contribution in [-0.4, -0.2) is 21.3 Å². The Morgan fingerprint density at radius 2 is 1.74 bits per heavy atom. The molecule has 3 aromatic rings. The monoisotopic (exact) mass is 328 g/mol. The minimum absolute atomic E-state index is 0.00977. The summed E-state index contributed by atoms with van der Waals surface area (Å²) in [6.07, 6.45) is 0. The molecule has 0 aromatic heterocycles. The van der Waals surface area contributed by atoms with Crippen LogP contribution in [0.5, 0.6) is 5.75 Å². The van der Waals surface area contributed by atoms with E-state index < -0.39 is 12.6 Å². The van der Waals surface area contributed by atoms with Gasteiger partial charge in [-0.1, -0.05) is 29.8 Å². The molecule has 0 aliphatic heterocycles. The number of rotatable bonds is 3. The Balaban J connectivity index is 2.45. The molecule has 0 amide bonds. The zero-order valence-corrected chi connectivity index (χ0v) is 12.7. The molecule has 0 unspecified atom stereocenters. The van der Waals surface area contributed by atoms with Crippen LogP contribution < -0.4 is 0 Å². The number of hydrogen-bond acceptors (Lipinski definition) is 3. The van der Waals surface area contributed by atoms with Crippen molar-refractivity contribution in [2.75, 3.05) is 0 Å². The van der Waals surface area contributed by atoms with Gasteiger partial charge in [0.05, 0.1) is 12.2 Å². The normalized spacial score (nSPS) is 10.9. The summed E-state index contributed by atoms with van der Waals surface area (Å²) in [6, 6.07) is 13.2. The maximum absolute atomic E-state index is 11.6. The van der Waals surface area contributed by atoms with Crippen LogP contribution in [-0.2, 0) is 6.61 Å². The molecule has 0 aliphatic carbocycles. The minimum atomic E-state index is -1.13. The molecule has 0 radical (unpaired) electrons. The van der Waals surface area contributed by atoms with E-state index in [1.54, 1.807) is 30.3 Å². The Morgan fingerprint density at radius 3 is 2.35 bits per heavy atom. The minimum Gasteiger partial charge on any atom is -0.508 e. The zero-order valence-electron chi connectivity index (χ0n) is 12.0. The molecule has 3 aromatic carbocycles. The predicted molar refractivity (Wildman–Crippen MR) is 88.9 cm³/mol. The van der Waals surface area contributed by atoms with Gasteiger partial charge in [0.1, 0.15) is 5.75 Å². The summed E-state index contributed by atoms with van der Waals surface area (Å²) < 4.78 is 0. The van der Waals surface area contributed by atoms with Gasteiger partial charge in [-0.2, -0.15) is 0 Å². The van der Waals surface area contributed by atoms with Crippen LogP contribution in [0, 0.1) is 0 Å². The van der Waals surface area contributed by atoms with E-state index in [0.717, 1.165) is 10.9 Å². The molecule has 0 bridgehead atoms. The molecule has 23 heavy (non-hydrogen) atoms. The Hall–Kier alpha value is -2.56. The van der Waals surface area contributed by atoms with E-state index in [4.69, 9.17) is 11.6 Å². The summed E-state index contributed by atoms with van der Waals surface area (Å²) in [5, 5.41) is 30.8. The first kappa shape index (κ1) is 15.3. The number of phenols is 1. The highest BCUT2D eigenvalue weighted by Crippen LogP contribution is 2.36. The number of phenolic OH excluding ortho intramolecular Hbond substituents is 1. The van der Waals surface area contributed by atoms with Crippen molar-refractivity contribution in [1.29, 1.82) is 0 Å². The second-order valence-corrected chi connectivity index (χ2v) is 5.59. The van der Waals surface area contributed by atoms with Crippen LogP contribution in [0.1, 0.15) is 15.9 Å². The van der Waals surface area contributed by atoms with Gasteiger partial charge in [-0.05, 0) is 52.2 Å². The molecule has 0 atom stereocenters. The quantitative estimate of drug-likeness (QED) is 0.677. The third kappa shape index (κ3) is 2.74. The van der Waals surface area contributed by atoms with Crippen molar-refractivity contribution in [2.24, 2.45) is 0 Å². The molecule has 0 spiro atoms. The topological polar surface area (TPSA) is 77.8 Å². The molecule has 0 saturated carbocycles. The van der Waals surface area contributed by atoms with Crippen molar-refractivity contribution in [3.63, 3.8) is 0 Å². The highest BCUT2D eigenvalue weighted by atomic mass is 35.5. The Labute approximate surface area is 137 Å². The van der Waals surface area contributed by atoms with Gasteiger partial charge in [-0.15, -0.1) is 0 Å². The molecule has 3 rings (SSSR count). The molecule has 0 saturated heterocycles. The summed E-state index contributed by atoms with van der Waals surface area (Å²) in [5.41, 5.74) is 1.71. The highest BCUT2D eigenvalue weighted by molar-refractivity contribution is 6.30. The standard InChI is InChI=1S/C18H13ClO4/c19-12-3-1-10(2-4-12)17-14-6-5-13(21)7-11(14)8-15(18(22)23)16(17)9-20/h1-8,20-21H,9H2,(H,22,23). The molecule has 5 heteroatoms. The van der Waals surface area contributed by atoms with Gasteiger partial charge in [0, 0.05) is 10.6 Å². The first-order valence-electron chi connectivity index (χ1n) is 6.90. The van der Waals surface area contributed by atoms with Gasteiger partial charge in [0.25, 0.3) is 0 Å². The summed E-state index contributed by atoms with van der Waals surface area (Å²) >= 11 is 5.92. The van der Waals surface area contributed by atoms with Crippen LogP contribution in [0.2, 0.25) is 5.02 Å². The number of halogens is 1. The van der Waals surface area contributed by atoms with E-state index in [-0.39, 0.29) is 11.3 Å². The SMILES string of the molecule is O=C(O)c1cc2cc(O)ccc2c(-c2ccc(Cl)cc2)c1CO. The number of carboxylic acids is 1. The van der Waals surface area contributed by atoms with Gasteiger partial charge in [0.15, 0.2) is 0 Å². The lowest BCUT2D eigenvalue weighted by Gasteiger charge is -2.15. The van der Waals surface area contributed by atoms with E-state index in [1.807, 2.05) is 0 Å². The number of aliphatic hydroxyl groups excluding tert-OH is 1. The average molecular weight is 329 g/mol. The van der Waals surface area contributed by atoms with Crippen LogP contribution in [0.25, 0.3) is 21.9 Å². The van der Waals surface area contributed by atoms with Crippen molar-refractivity contribution in [3.8, 4) is 16.9 Å². The molecular formula is C18H13ClO4. The van der Waals surface area contributed by atoms with Crippen LogP contribution in [0.15, 0.2) is 48.5 Å². The largest absolute Gasteiger partial charge is 0.508 e. The van der Waals surface area contributed by atoms with E-state index in [9.17, 15) is 20.1 Å². The van der Waals surface area contributed by atoms with Crippen molar-refractivity contribution >= 4 is 28.3 Å². The lowest BCUT2D eigenvalue weighted by Crippen LogP contribution is -2.05. The number of hydrogen-bond donors (Lipinski definition) is 3. The maximum atomic E-state index is 11.6. The third-order valence-corrected chi connectivity index (χ3v) is 4.00. The Morgan fingerprint density at radius 1 is 1.04 bits per heavy atom. The number of carbonyl (C=O) groups is 1. The second kappa shape index (κ2) is 5.91. The number of benzene rings is 3. The molecule has 3 N–H and O–H groups in total. The molecule has 4 nitrogen and oxygen atoms in total. The van der Waals surface area contributed by atoms with Gasteiger partial charge < -0.3 is 15.3 Å². The van der Waals surface area contributed by atoms with Gasteiger partial charge in [-0.3, -0.25) is 0 Å². The van der Waals surface area contributed by atoms with Gasteiger partial charge >= 0.3 is 5.97 Å². The average Bonchev–Trinajstić information content (AvgIpc) is 2.53. The van der Waals surface area contributed by atoms with E-state index >= 15 is 0 Å². The van der Waals surface area contributed by atoms with Crippen molar-refractivity contribution in [2.45, 2.75) is 6.61 Å². The third-order valence-electron chi connectivity index (χ3n) is 3.75. The summed E-state index contributed by atoms with van der Waals surface area (Å²) in [6.45, 7) is -0.406. The maximum Gasteiger partial charge on any atom is 0.336 e. The molecule has 0 aliphatic rings. The fraction of sp³-hybridized carbons (Fsp3) is 0.0556. The van der Waals surface area contributed by atoms with Crippen LogP contribution in [0.3, 0.4) is 0 Å². The number of aromatic hydroxyl groups is 1. The van der Waals surface area contributed by atoms with Crippen molar-refractivity contribution < 1.29 is 20.1 Å². The summed E-state index contributed by atoms with van der Waals surface area (Å²) in [7, 11) is 0. The zero-order chi connectivity index (χ0) is 16.6. The fourth-order valence-electron chi connectivity index (χ4n) is 2.74. The van der Waals surface area contributed by atoms with Crippen LogP contribution in [0.4, 0.5) is 0 Å². The molecule has 0 heterocycles. The summed E-state index contributed by atoms with van der Waals surface area (Å²) in [5.74, 6) is -1.08. The smallest absolute Gasteiger partial charge is 0.336 e. The van der Waals surface area contributed by atoms with E-state index in [0.29, 0.717) is 21.5 Å². The lowest BCUT2D eigenvalue weighted by atomic mass is 9.90. The Kier molecular flexibility index (Phi) is 3.94. The summed E-state index contributed by atoms with van der Waals surface area (Å²) in [4.78, 5) is 11.6. The lowest BCUT2D eigenvalue weighted by molar-refractivity contribution is 0.0693. The van der Waals surface area contributed by atoms with E-state index in [2.05, 4.69) is 0 Å². The predicted octanol–water partition coefficient (Wildman–Crippen LogP) is 4.06. The second-order valence-electron chi connectivity index (χ2n) is 5.15. The van der Waals surface area contributed by atoms with Crippen molar-refractivity contribution in [1.82, 2.24) is 0 Å².